The number of nitrogens with two attached hydrogens (primary N) is 1. The Hall–Kier alpha value is -2.61. The lowest BCUT2D eigenvalue weighted by Crippen LogP contribution is -2.49. The highest BCUT2D eigenvalue weighted by Gasteiger charge is 2.46. The molecule has 0 bridgehead atoms. The third-order valence-electron chi connectivity index (χ3n) is 8.34. The number of benzene rings is 1. The van der Waals surface area contributed by atoms with E-state index < -0.39 is 11.6 Å². The molecule has 0 atom stereocenters. The summed E-state index contributed by atoms with van der Waals surface area (Å²) in [6, 6.07) is 3.36. The Kier molecular flexibility index (Phi) is 7.69. The van der Waals surface area contributed by atoms with Crippen LogP contribution in [0.1, 0.15) is 63.0 Å². The van der Waals surface area contributed by atoms with Crippen LogP contribution in [-0.4, -0.2) is 62.0 Å². The molecule has 1 saturated heterocycles. The number of amidine groups is 1. The van der Waals surface area contributed by atoms with Crippen molar-refractivity contribution in [3.05, 3.63) is 23.3 Å². The van der Waals surface area contributed by atoms with Crippen molar-refractivity contribution in [3.63, 3.8) is 0 Å². The fraction of sp³-hybridized carbons (Fsp3) is 0.667. The van der Waals surface area contributed by atoms with Crippen molar-refractivity contribution in [2.75, 3.05) is 38.7 Å². The molecule has 3 N–H and O–H groups in total. The molecule has 8 heteroatoms. The van der Waals surface area contributed by atoms with Crippen LogP contribution in [0, 0.1) is 18.8 Å². The molecule has 0 radical (unpaired) electrons. The maximum atomic E-state index is 12.9. The van der Waals surface area contributed by atoms with Crippen LogP contribution in [-0.2, 0) is 11.2 Å². The summed E-state index contributed by atoms with van der Waals surface area (Å²) in [4.78, 5) is 33.3. The van der Waals surface area contributed by atoms with Gasteiger partial charge in [0.05, 0.1) is 7.11 Å². The number of hydrogen-bond acceptors (Lipinski definition) is 5. The number of methoxy groups -OCH3 is 1. The number of ether oxygens (including phenoxy) is 1. The number of primary amides is 1. The van der Waals surface area contributed by atoms with Gasteiger partial charge in [-0.05, 0) is 75.1 Å². The van der Waals surface area contributed by atoms with Crippen LogP contribution in [0.3, 0.4) is 0 Å². The monoisotopic (exact) mass is 483 g/mol. The summed E-state index contributed by atoms with van der Waals surface area (Å²) in [6.07, 6.45) is 8.22. The van der Waals surface area contributed by atoms with E-state index in [1.165, 1.54) is 17.7 Å². The Balaban J connectivity index is 1.31. The van der Waals surface area contributed by atoms with E-state index in [0.29, 0.717) is 5.92 Å². The summed E-state index contributed by atoms with van der Waals surface area (Å²) in [5.74, 6) is 3.09. The molecular weight excluding hydrogens is 442 g/mol. The van der Waals surface area contributed by atoms with E-state index in [1.807, 2.05) is 19.1 Å². The molecule has 2 fully saturated rings. The summed E-state index contributed by atoms with van der Waals surface area (Å²) in [7, 11) is 3.32. The lowest BCUT2D eigenvalue weighted by molar-refractivity contribution is -0.125. The van der Waals surface area contributed by atoms with Crippen molar-refractivity contribution in [2.45, 2.75) is 70.8 Å². The molecular formula is C27H41N5O3. The van der Waals surface area contributed by atoms with Crippen molar-refractivity contribution in [1.82, 2.24) is 10.2 Å². The quantitative estimate of drug-likeness (QED) is 0.618. The predicted octanol–water partition coefficient (Wildman–Crippen LogP) is 3.64. The van der Waals surface area contributed by atoms with Gasteiger partial charge in [-0.2, -0.15) is 0 Å². The van der Waals surface area contributed by atoms with E-state index in [2.05, 4.69) is 17.1 Å². The molecule has 2 heterocycles. The van der Waals surface area contributed by atoms with Crippen LogP contribution in [0.4, 0.5) is 10.5 Å². The molecule has 3 amide bonds. The smallest absolute Gasteiger partial charge is 0.318 e. The number of rotatable bonds is 7. The van der Waals surface area contributed by atoms with Crippen molar-refractivity contribution in [1.29, 1.82) is 0 Å². The number of amides is 3. The average molecular weight is 484 g/mol. The van der Waals surface area contributed by atoms with Gasteiger partial charge in [0.1, 0.15) is 17.1 Å². The second-order valence-electron chi connectivity index (χ2n) is 10.7. The van der Waals surface area contributed by atoms with Crippen molar-refractivity contribution < 1.29 is 14.3 Å². The normalized spacial score (nSPS) is 24.2. The molecule has 1 saturated carbocycles. The lowest BCUT2D eigenvalue weighted by Gasteiger charge is -2.35. The van der Waals surface area contributed by atoms with Crippen LogP contribution in [0.15, 0.2) is 17.1 Å². The van der Waals surface area contributed by atoms with E-state index in [-0.39, 0.29) is 5.91 Å². The molecule has 1 aromatic carbocycles. The molecule has 3 aliphatic rings. The minimum absolute atomic E-state index is 0.118. The molecule has 4 rings (SSSR count). The Morgan fingerprint density at radius 1 is 1.26 bits per heavy atom. The third-order valence-corrected chi connectivity index (χ3v) is 8.34. The highest BCUT2D eigenvalue weighted by atomic mass is 16.5. The van der Waals surface area contributed by atoms with Gasteiger partial charge in [0.2, 0.25) is 0 Å². The summed E-state index contributed by atoms with van der Waals surface area (Å²) in [6.45, 7) is 7.12. The first-order valence-electron chi connectivity index (χ1n) is 13.1. The number of hydrogen-bond donors (Lipinski definition) is 2. The SMILES string of the molecule is COc1cc(N(C)C(N)=O)cc(C)c1CCCN1CCC2(CC1)N=C(C1CCC(C)CC1)NC2=O. The first-order chi connectivity index (χ1) is 16.7. The number of nitrogens with zero attached hydrogens (tertiary/aromatic N) is 3. The maximum Gasteiger partial charge on any atom is 0.318 e. The van der Waals surface area contributed by atoms with Crippen LogP contribution < -0.4 is 20.7 Å². The number of anilines is 1. The summed E-state index contributed by atoms with van der Waals surface area (Å²) < 4.78 is 5.63. The molecule has 0 aromatic heterocycles. The zero-order valence-corrected chi connectivity index (χ0v) is 21.7. The molecule has 1 aliphatic carbocycles. The lowest BCUT2D eigenvalue weighted by atomic mass is 9.82. The number of aryl methyl sites for hydroxylation is 1. The minimum Gasteiger partial charge on any atom is -0.496 e. The van der Waals surface area contributed by atoms with Gasteiger partial charge < -0.3 is 20.7 Å². The largest absolute Gasteiger partial charge is 0.496 e. The highest BCUT2D eigenvalue weighted by Crippen LogP contribution is 2.36. The topological polar surface area (TPSA) is 100 Å². The highest BCUT2D eigenvalue weighted by molar-refractivity contribution is 6.09. The molecule has 0 unspecified atom stereocenters. The summed E-state index contributed by atoms with van der Waals surface area (Å²) in [5, 5.41) is 3.16. The van der Waals surface area contributed by atoms with Gasteiger partial charge in [0.25, 0.3) is 5.91 Å². The second-order valence-corrected chi connectivity index (χ2v) is 10.7. The number of likely N-dealkylation sites (tertiary alicyclic amines) is 1. The van der Waals surface area contributed by atoms with Gasteiger partial charge in [-0.15, -0.1) is 0 Å². The maximum absolute atomic E-state index is 12.9. The third kappa shape index (κ3) is 5.47. The zero-order valence-electron chi connectivity index (χ0n) is 21.7. The zero-order chi connectivity index (χ0) is 25.2. The van der Waals surface area contributed by atoms with E-state index in [0.717, 1.165) is 92.5 Å². The van der Waals surface area contributed by atoms with E-state index in [4.69, 9.17) is 15.5 Å². The number of aliphatic imine (C=N–C) groups is 1. The number of piperidine rings is 1. The Bertz CT molecular complexity index is 975. The van der Waals surface area contributed by atoms with Crippen molar-refractivity contribution in [2.24, 2.45) is 22.6 Å². The van der Waals surface area contributed by atoms with Crippen molar-refractivity contribution in [3.8, 4) is 5.75 Å². The Morgan fingerprint density at radius 3 is 2.57 bits per heavy atom. The Morgan fingerprint density at radius 2 is 1.94 bits per heavy atom. The van der Waals surface area contributed by atoms with Crippen LogP contribution in [0.25, 0.3) is 0 Å². The fourth-order valence-electron chi connectivity index (χ4n) is 5.82. The van der Waals surface area contributed by atoms with Crippen LogP contribution >= 0.6 is 0 Å². The number of carbonyl (C=O) groups excluding carboxylic acids is 2. The standard InChI is InChI=1S/C27H41N5O3/c1-18-7-9-20(10-8-18)24-29-25(33)27(30-24)11-14-32(15-12-27)13-5-6-22-19(2)16-21(17-23(22)35-4)31(3)26(28)34/h16-18,20H,5-15H2,1-4H3,(H2,28,34)(H,29,30,33). The number of carbonyl (C=O) groups is 2. The molecule has 1 spiro atoms. The minimum atomic E-state index is -0.545. The summed E-state index contributed by atoms with van der Waals surface area (Å²) in [5.41, 5.74) is 7.86. The molecule has 192 valence electrons. The molecule has 2 aliphatic heterocycles. The Labute approximate surface area is 209 Å². The van der Waals surface area contributed by atoms with Gasteiger partial charge >= 0.3 is 6.03 Å². The van der Waals surface area contributed by atoms with Crippen molar-refractivity contribution >= 4 is 23.5 Å². The first-order valence-corrected chi connectivity index (χ1v) is 13.1. The van der Waals surface area contributed by atoms with Gasteiger partial charge in [0, 0.05) is 37.8 Å². The van der Waals surface area contributed by atoms with E-state index >= 15 is 0 Å². The van der Waals surface area contributed by atoms with Gasteiger partial charge in [0.15, 0.2) is 0 Å². The number of urea groups is 1. The average Bonchev–Trinajstić information content (AvgIpc) is 3.16. The van der Waals surface area contributed by atoms with Crippen LogP contribution in [0.5, 0.6) is 5.75 Å². The number of nitrogens with one attached hydrogen (secondary N) is 1. The summed E-state index contributed by atoms with van der Waals surface area (Å²) >= 11 is 0. The van der Waals surface area contributed by atoms with Gasteiger partial charge in [-0.3, -0.25) is 14.7 Å². The van der Waals surface area contributed by atoms with Gasteiger partial charge in [-0.25, -0.2) is 4.79 Å². The molecule has 1 aromatic rings. The predicted molar refractivity (Wildman–Crippen MR) is 139 cm³/mol. The first kappa shape index (κ1) is 25.5. The van der Waals surface area contributed by atoms with E-state index in [1.54, 1.807) is 14.2 Å². The van der Waals surface area contributed by atoms with Gasteiger partial charge in [-0.1, -0.05) is 19.8 Å². The fourth-order valence-corrected chi connectivity index (χ4v) is 5.82. The molecule has 8 nitrogen and oxygen atoms in total. The van der Waals surface area contributed by atoms with E-state index in [9.17, 15) is 9.59 Å². The van der Waals surface area contributed by atoms with Crippen LogP contribution in [0.2, 0.25) is 0 Å². The molecule has 35 heavy (non-hydrogen) atoms. The second kappa shape index (κ2) is 10.6.